The summed E-state index contributed by atoms with van der Waals surface area (Å²) in [6.45, 7) is 4.57. The number of likely N-dealkylation sites (N-methyl/N-ethyl adjacent to an activating group) is 1. The molecule has 2 N–H and O–H groups in total. The number of carbonyl (C=O) groups excluding carboxylic acids is 1. The van der Waals surface area contributed by atoms with E-state index in [1.54, 1.807) is 6.08 Å². The number of quaternary nitrogens is 1. The standard InChI is InChI=1S/C45H85N2O6P/c1-6-8-10-12-14-16-18-20-22-23-24-25-27-29-31-33-35-37-39-45(49)46-43(42-53-54(50,51)52-41-40-47(3,4)5)44(48)38-36-34-32-30-28-26-21-19-17-15-13-11-9-7-2/h17,19,24-25,28,30,36,38,43-44,48H,6-16,18,20-23,26-27,29,31-35,37,39-42H2,1-5H3,(H-,46,49,50,51)/b19-17+,25-24-,30-28+,38-36+. The summed E-state index contributed by atoms with van der Waals surface area (Å²) >= 11 is 0. The summed E-state index contributed by atoms with van der Waals surface area (Å²) in [4.78, 5) is 25.3. The van der Waals surface area contributed by atoms with Gasteiger partial charge in [0.25, 0.3) is 7.82 Å². The first-order chi connectivity index (χ1) is 26.0. The van der Waals surface area contributed by atoms with Crippen LogP contribution in [0.25, 0.3) is 0 Å². The molecule has 0 aromatic heterocycles. The number of nitrogens with one attached hydrogen (secondary N) is 1. The number of rotatable bonds is 39. The van der Waals surface area contributed by atoms with Gasteiger partial charge in [-0.05, 0) is 70.6 Å². The Bertz CT molecular complexity index is 1020. The van der Waals surface area contributed by atoms with Gasteiger partial charge in [-0.1, -0.05) is 152 Å². The summed E-state index contributed by atoms with van der Waals surface area (Å²) in [5.41, 5.74) is 0. The predicted molar refractivity (Wildman–Crippen MR) is 228 cm³/mol. The second-order valence-corrected chi connectivity index (χ2v) is 17.4. The van der Waals surface area contributed by atoms with Crippen LogP contribution in [-0.4, -0.2) is 68.5 Å². The van der Waals surface area contributed by atoms with Crippen molar-refractivity contribution in [2.45, 2.75) is 193 Å². The molecule has 3 unspecified atom stereocenters. The highest BCUT2D eigenvalue weighted by Gasteiger charge is 2.23. The van der Waals surface area contributed by atoms with E-state index in [1.807, 2.05) is 27.2 Å². The van der Waals surface area contributed by atoms with Gasteiger partial charge in [0.15, 0.2) is 0 Å². The van der Waals surface area contributed by atoms with Crippen molar-refractivity contribution in [3.63, 3.8) is 0 Å². The first kappa shape index (κ1) is 52.5. The van der Waals surface area contributed by atoms with Crippen LogP contribution in [0, 0.1) is 0 Å². The second-order valence-electron chi connectivity index (χ2n) is 16.0. The van der Waals surface area contributed by atoms with Crippen molar-refractivity contribution in [3.8, 4) is 0 Å². The number of nitrogens with zero attached hydrogens (tertiary/aromatic N) is 1. The summed E-state index contributed by atoms with van der Waals surface area (Å²) in [6.07, 6.45) is 45.9. The molecule has 0 saturated carbocycles. The summed E-state index contributed by atoms with van der Waals surface area (Å²) in [5.74, 6) is -0.222. The van der Waals surface area contributed by atoms with Crippen molar-refractivity contribution >= 4 is 13.7 Å². The molecular weight excluding hydrogens is 695 g/mol. The van der Waals surface area contributed by atoms with Gasteiger partial charge in [0, 0.05) is 6.42 Å². The van der Waals surface area contributed by atoms with Gasteiger partial charge in [-0.25, -0.2) is 0 Å². The lowest BCUT2D eigenvalue weighted by Gasteiger charge is -2.29. The number of aliphatic hydroxyl groups is 1. The molecule has 0 aliphatic heterocycles. The quantitative estimate of drug-likeness (QED) is 0.0278. The van der Waals surface area contributed by atoms with Crippen LogP contribution >= 0.6 is 7.82 Å². The van der Waals surface area contributed by atoms with E-state index in [0.29, 0.717) is 17.4 Å². The Morgan fingerprint density at radius 2 is 1.04 bits per heavy atom. The zero-order chi connectivity index (χ0) is 40.0. The topological polar surface area (TPSA) is 108 Å². The Labute approximate surface area is 333 Å². The molecule has 0 rings (SSSR count). The van der Waals surface area contributed by atoms with Crippen LogP contribution in [0.1, 0.15) is 181 Å². The first-order valence-electron chi connectivity index (χ1n) is 22.0. The van der Waals surface area contributed by atoms with Gasteiger partial charge in [0.05, 0.1) is 39.9 Å². The molecule has 8 nitrogen and oxygen atoms in total. The fourth-order valence-electron chi connectivity index (χ4n) is 5.94. The number of aliphatic hydroxyl groups excluding tert-OH is 1. The lowest BCUT2D eigenvalue weighted by Crippen LogP contribution is -2.45. The molecule has 0 radical (unpaired) electrons. The third kappa shape index (κ3) is 38.7. The minimum Gasteiger partial charge on any atom is -0.756 e. The maximum atomic E-state index is 12.8. The molecule has 0 saturated heterocycles. The van der Waals surface area contributed by atoms with Gasteiger partial charge >= 0.3 is 0 Å². The van der Waals surface area contributed by atoms with Gasteiger partial charge in [-0.3, -0.25) is 9.36 Å². The molecule has 0 spiro atoms. The second kappa shape index (κ2) is 37.1. The van der Waals surface area contributed by atoms with Crippen LogP contribution in [0.15, 0.2) is 48.6 Å². The fourth-order valence-corrected chi connectivity index (χ4v) is 6.66. The Hall–Kier alpha value is -1.54. The van der Waals surface area contributed by atoms with Gasteiger partial charge < -0.3 is 28.8 Å². The third-order valence-corrected chi connectivity index (χ3v) is 10.5. The van der Waals surface area contributed by atoms with Crippen molar-refractivity contribution in [2.24, 2.45) is 0 Å². The van der Waals surface area contributed by atoms with E-state index in [9.17, 15) is 19.4 Å². The number of unbranched alkanes of at least 4 members (excludes halogenated alkanes) is 20. The zero-order valence-corrected chi connectivity index (χ0v) is 36.6. The molecule has 0 heterocycles. The smallest absolute Gasteiger partial charge is 0.268 e. The van der Waals surface area contributed by atoms with Crippen molar-refractivity contribution in [3.05, 3.63) is 48.6 Å². The van der Waals surface area contributed by atoms with E-state index in [4.69, 9.17) is 9.05 Å². The van der Waals surface area contributed by atoms with Crippen molar-refractivity contribution in [2.75, 3.05) is 40.9 Å². The molecule has 0 aromatic rings. The normalized spacial score (nSPS) is 14.9. The molecule has 0 aliphatic rings. The average molecular weight is 781 g/mol. The number of allylic oxidation sites excluding steroid dienone is 7. The van der Waals surface area contributed by atoms with Crippen LogP contribution in [-0.2, 0) is 18.4 Å². The van der Waals surface area contributed by atoms with E-state index >= 15 is 0 Å². The Balaban J connectivity index is 4.50. The van der Waals surface area contributed by atoms with Crippen LogP contribution < -0.4 is 10.2 Å². The minimum atomic E-state index is -4.60. The highest BCUT2D eigenvalue weighted by molar-refractivity contribution is 7.45. The summed E-state index contributed by atoms with van der Waals surface area (Å²) in [7, 11) is 1.22. The SMILES string of the molecule is CCCCCC/C=C/CC/C=C/CC/C=C/C(O)C(COP(=O)([O-])OCC[N+](C)(C)C)NC(=O)CCCCCCC/C=C\CCCCCCCCCCC. The van der Waals surface area contributed by atoms with Gasteiger partial charge in [0.2, 0.25) is 5.91 Å². The van der Waals surface area contributed by atoms with E-state index < -0.39 is 26.6 Å². The van der Waals surface area contributed by atoms with Crippen molar-refractivity contribution < 1.29 is 32.9 Å². The highest BCUT2D eigenvalue weighted by atomic mass is 31.2. The number of phosphoric acid groups is 1. The van der Waals surface area contributed by atoms with Gasteiger partial charge in [-0.2, -0.15) is 0 Å². The van der Waals surface area contributed by atoms with Crippen molar-refractivity contribution in [1.82, 2.24) is 5.32 Å². The summed E-state index contributed by atoms with van der Waals surface area (Å²) in [6, 6.07) is -0.912. The lowest BCUT2D eigenvalue weighted by atomic mass is 10.1. The highest BCUT2D eigenvalue weighted by Crippen LogP contribution is 2.38. The molecule has 9 heteroatoms. The van der Waals surface area contributed by atoms with Crippen LogP contribution in [0.5, 0.6) is 0 Å². The summed E-state index contributed by atoms with van der Waals surface area (Å²) < 4.78 is 23.1. The van der Waals surface area contributed by atoms with Crippen LogP contribution in [0.3, 0.4) is 0 Å². The predicted octanol–water partition coefficient (Wildman–Crippen LogP) is 11.4. The molecule has 54 heavy (non-hydrogen) atoms. The van der Waals surface area contributed by atoms with Crippen LogP contribution in [0.4, 0.5) is 0 Å². The lowest BCUT2D eigenvalue weighted by molar-refractivity contribution is -0.870. The molecule has 0 aliphatic carbocycles. The van der Waals surface area contributed by atoms with Crippen molar-refractivity contribution in [1.29, 1.82) is 0 Å². The minimum absolute atomic E-state index is 0.0117. The number of amides is 1. The number of phosphoric ester groups is 1. The van der Waals surface area contributed by atoms with E-state index in [2.05, 4.69) is 55.6 Å². The van der Waals surface area contributed by atoms with Crippen LogP contribution in [0.2, 0.25) is 0 Å². The average Bonchev–Trinajstić information content (AvgIpc) is 3.12. The third-order valence-electron chi connectivity index (χ3n) is 9.49. The monoisotopic (exact) mass is 781 g/mol. The van der Waals surface area contributed by atoms with E-state index in [0.717, 1.165) is 70.6 Å². The van der Waals surface area contributed by atoms with E-state index in [1.165, 1.54) is 89.9 Å². The van der Waals surface area contributed by atoms with E-state index in [-0.39, 0.29) is 12.5 Å². The Morgan fingerprint density at radius 1 is 0.630 bits per heavy atom. The molecule has 316 valence electrons. The summed E-state index contributed by atoms with van der Waals surface area (Å²) in [5, 5.41) is 13.7. The Kier molecular flexibility index (Phi) is 36.0. The number of carbonyl (C=O) groups is 1. The van der Waals surface area contributed by atoms with Gasteiger partial charge in [0.1, 0.15) is 13.2 Å². The fraction of sp³-hybridized carbons (Fsp3) is 0.800. The molecule has 0 bridgehead atoms. The maximum absolute atomic E-state index is 12.8. The zero-order valence-electron chi connectivity index (χ0n) is 35.7. The number of hydrogen-bond acceptors (Lipinski definition) is 6. The first-order valence-corrected chi connectivity index (χ1v) is 23.5. The molecule has 0 fully saturated rings. The van der Waals surface area contributed by atoms with Gasteiger partial charge in [-0.15, -0.1) is 0 Å². The molecule has 3 atom stereocenters. The molecule has 1 amide bonds. The largest absolute Gasteiger partial charge is 0.756 e. The molecule has 0 aromatic carbocycles. The Morgan fingerprint density at radius 3 is 1.52 bits per heavy atom. The number of hydrogen-bond donors (Lipinski definition) is 2. The maximum Gasteiger partial charge on any atom is 0.268 e. The molecular formula is C45H85N2O6P.